The topological polar surface area (TPSA) is 48.1 Å². The summed E-state index contributed by atoms with van der Waals surface area (Å²) >= 11 is 5.53. The number of hydrogen-bond donors (Lipinski definition) is 4. The lowest BCUT2D eigenvalue weighted by Gasteiger charge is -2.20. The molecule has 0 spiro atoms. The van der Waals surface area contributed by atoms with Gasteiger partial charge >= 0.3 is 0 Å². The van der Waals surface area contributed by atoms with Gasteiger partial charge in [0.1, 0.15) is 0 Å². The van der Waals surface area contributed by atoms with Crippen LogP contribution < -0.4 is 21.3 Å². The first kappa shape index (κ1) is 12.4. The first-order chi connectivity index (χ1) is 7.74. The van der Waals surface area contributed by atoms with Gasteiger partial charge in [-0.25, -0.2) is 0 Å². The Kier molecular flexibility index (Phi) is 4.27. The van der Waals surface area contributed by atoms with E-state index < -0.39 is 0 Å². The van der Waals surface area contributed by atoms with Gasteiger partial charge in [0.25, 0.3) is 0 Å². The summed E-state index contributed by atoms with van der Waals surface area (Å²) in [5.41, 5.74) is 0. The first-order valence-corrected chi connectivity index (χ1v) is 6.68. The van der Waals surface area contributed by atoms with Crippen LogP contribution in [0.1, 0.15) is 26.7 Å². The third-order valence-corrected chi connectivity index (χ3v) is 3.97. The van der Waals surface area contributed by atoms with Gasteiger partial charge in [0.2, 0.25) is 0 Å². The first-order valence-electron chi connectivity index (χ1n) is 6.27. The van der Waals surface area contributed by atoms with Gasteiger partial charge in [-0.15, -0.1) is 0 Å². The number of rotatable bonds is 4. The highest BCUT2D eigenvalue weighted by Crippen LogP contribution is 2.07. The molecule has 2 aliphatic rings. The van der Waals surface area contributed by atoms with E-state index >= 15 is 0 Å². The number of hydrogen-bond acceptors (Lipinski definition) is 5. The SMILES string of the molecule is CCC1CNC(C(=S)C2NCC(CC)N2)N1. The van der Waals surface area contributed by atoms with Crippen LogP contribution in [0.3, 0.4) is 0 Å². The molecule has 0 radical (unpaired) electrons. The van der Waals surface area contributed by atoms with Gasteiger partial charge in [-0.3, -0.25) is 21.3 Å². The van der Waals surface area contributed by atoms with Crippen LogP contribution in [0.2, 0.25) is 0 Å². The molecule has 2 rings (SSSR count). The Hall–Kier alpha value is -0.0700. The molecular weight excluding hydrogens is 220 g/mol. The monoisotopic (exact) mass is 242 g/mol. The third kappa shape index (κ3) is 2.60. The Bertz CT molecular complexity index is 234. The van der Waals surface area contributed by atoms with Crippen molar-refractivity contribution in [1.29, 1.82) is 0 Å². The van der Waals surface area contributed by atoms with Gasteiger partial charge in [-0.2, -0.15) is 0 Å². The predicted molar refractivity (Wildman–Crippen MR) is 70.6 cm³/mol. The largest absolute Gasteiger partial charge is 0.296 e. The number of nitrogens with one attached hydrogen (secondary N) is 4. The van der Waals surface area contributed by atoms with Crippen molar-refractivity contribution in [1.82, 2.24) is 21.3 Å². The van der Waals surface area contributed by atoms with Gasteiger partial charge < -0.3 is 0 Å². The molecule has 0 aliphatic carbocycles. The molecule has 16 heavy (non-hydrogen) atoms. The molecule has 4 unspecified atom stereocenters. The van der Waals surface area contributed by atoms with E-state index in [4.69, 9.17) is 12.2 Å². The molecule has 0 bridgehead atoms. The highest BCUT2D eigenvalue weighted by atomic mass is 32.1. The van der Waals surface area contributed by atoms with E-state index in [1.54, 1.807) is 0 Å². The van der Waals surface area contributed by atoms with Crippen LogP contribution in [0.4, 0.5) is 0 Å². The van der Waals surface area contributed by atoms with Crippen LogP contribution >= 0.6 is 12.2 Å². The zero-order valence-corrected chi connectivity index (χ0v) is 10.9. The lowest BCUT2D eigenvalue weighted by atomic mass is 10.2. The molecule has 5 heteroatoms. The van der Waals surface area contributed by atoms with Crippen molar-refractivity contribution in [2.24, 2.45) is 0 Å². The molecular formula is C11H22N4S. The maximum Gasteiger partial charge on any atom is 0.0932 e. The summed E-state index contributed by atoms with van der Waals surface area (Å²) in [7, 11) is 0. The quantitative estimate of drug-likeness (QED) is 0.521. The Morgan fingerprint density at radius 1 is 1.00 bits per heavy atom. The molecule has 2 saturated heterocycles. The van der Waals surface area contributed by atoms with Crippen molar-refractivity contribution in [3.05, 3.63) is 0 Å². The van der Waals surface area contributed by atoms with Crippen LogP contribution in [0.5, 0.6) is 0 Å². The van der Waals surface area contributed by atoms with Crippen molar-refractivity contribution < 1.29 is 0 Å². The molecule has 0 aromatic heterocycles. The summed E-state index contributed by atoms with van der Waals surface area (Å²) in [5, 5.41) is 13.9. The minimum atomic E-state index is 0.181. The molecule has 2 fully saturated rings. The van der Waals surface area contributed by atoms with Crippen molar-refractivity contribution >= 4 is 17.1 Å². The molecule has 0 aromatic rings. The maximum absolute atomic E-state index is 5.53. The normalized spacial score (nSPS) is 39.1. The molecule has 4 atom stereocenters. The average molecular weight is 242 g/mol. The Morgan fingerprint density at radius 3 is 1.75 bits per heavy atom. The zero-order chi connectivity index (χ0) is 11.5. The van der Waals surface area contributed by atoms with E-state index in [1.165, 1.54) is 0 Å². The summed E-state index contributed by atoms with van der Waals surface area (Å²) in [6.07, 6.45) is 2.66. The van der Waals surface area contributed by atoms with Crippen LogP contribution in [0, 0.1) is 0 Å². The smallest absolute Gasteiger partial charge is 0.0932 e. The second-order valence-electron chi connectivity index (χ2n) is 4.63. The van der Waals surface area contributed by atoms with Gasteiger partial charge in [0.05, 0.1) is 17.2 Å². The van der Waals surface area contributed by atoms with Crippen molar-refractivity contribution in [3.8, 4) is 0 Å². The Morgan fingerprint density at radius 2 is 1.44 bits per heavy atom. The van der Waals surface area contributed by atoms with Gasteiger partial charge in [-0.05, 0) is 12.8 Å². The molecule has 0 amide bonds. The minimum absolute atomic E-state index is 0.181. The van der Waals surface area contributed by atoms with E-state index in [0.717, 1.165) is 30.8 Å². The third-order valence-electron chi connectivity index (χ3n) is 3.50. The van der Waals surface area contributed by atoms with Crippen LogP contribution in [-0.4, -0.2) is 42.4 Å². The highest BCUT2D eigenvalue weighted by Gasteiger charge is 2.32. The van der Waals surface area contributed by atoms with Crippen molar-refractivity contribution in [3.63, 3.8) is 0 Å². The Balaban J connectivity index is 1.84. The van der Waals surface area contributed by atoms with E-state index in [9.17, 15) is 0 Å². The molecule has 0 saturated carbocycles. The molecule has 92 valence electrons. The van der Waals surface area contributed by atoms with E-state index in [2.05, 4.69) is 35.1 Å². The lowest BCUT2D eigenvalue weighted by molar-refractivity contribution is 0.560. The number of thiocarbonyl (C=S) groups is 1. The Labute approximate surface area is 103 Å². The van der Waals surface area contributed by atoms with E-state index in [1.807, 2.05) is 0 Å². The summed E-state index contributed by atoms with van der Waals surface area (Å²) in [4.78, 5) is 1.02. The van der Waals surface area contributed by atoms with E-state index in [0.29, 0.717) is 12.1 Å². The summed E-state index contributed by atoms with van der Waals surface area (Å²) in [5.74, 6) is 0. The standard InChI is InChI=1S/C11H22N4S/c1-3-7-5-12-10(14-7)9(16)11-13-6-8(4-2)15-11/h7-8,10-15H,3-6H2,1-2H3. The molecule has 4 N–H and O–H groups in total. The van der Waals surface area contributed by atoms with Gasteiger partial charge in [0.15, 0.2) is 0 Å². The van der Waals surface area contributed by atoms with Crippen LogP contribution in [0.15, 0.2) is 0 Å². The molecule has 0 aromatic carbocycles. The fourth-order valence-corrected chi connectivity index (χ4v) is 2.59. The van der Waals surface area contributed by atoms with Crippen LogP contribution in [0.25, 0.3) is 0 Å². The fourth-order valence-electron chi connectivity index (χ4n) is 2.28. The van der Waals surface area contributed by atoms with Gasteiger partial charge in [-0.1, -0.05) is 26.1 Å². The molecule has 2 heterocycles. The summed E-state index contributed by atoms with van der Waals surface area (Å²) in [6, 6.07) is 1.12. The average Bonchev–Trinajstić information content (AvgIpc) is 2.97. The van der Waals surface area contributed by atoms with E-state index in [-0.39, 0.29) is 12.3 Å². The molecule has 2 aliphatic heterocycles. The summed E-state index contributed by atoms with van der Waals surface area (Å²) < 4.78 is 0. The fraction of sp³-hybridized carbons (Fsp3) is 0.909. The van der Waals surface area contributed by atoms with Crippen molar-refractivity contribution in [2.75, 3.05) is 13.1 Å². The predicted octanol–water partition coefficient (Wildman–Crippen LogP) is -0.0487. The second kappa shape index (κ2) is 5.51. The minimum Gasteiger partial charge on any atom is -0.296 e. The summed E-state index contributed by atoms with van der Waals surface area (Å²) in [6.45, 7) is 6.43. The second-order valence-corrected chi connectivity index (χ2v) is 5.10. The zero-order valence-electron chi connectivity index (χ0n) is 10.0. The van der Waals surface area contributed by atoms with Crippen LogP contribution in [-0.2, 0) is 0 Å². The van der Waals surface area contributed by atoms with Gasteiger partial charge in [0, 0.05) is 25.2 Å². The highest BCUT2D eigenvalue weighted by molar-refractivity contribution is 7.80. The lowest BCUT2D eigenvalue weighted by Crippen LogP contribution is -2.52. The molecule has 4 nitrogen and oxygen atoms in total. The van der Waals surface area contributed by atoms with Crippen molar-refractivity contribution in [2.45, 2.75) is 51.1 Å². The maximum atomic E-state index is 5.53.